The van der Waals surface area contributed by atoms with E-state index in [1.807, 2.05) is 0 Å². The fraction of sp³-hybridized carbons (Fsp3) is 1.00. The minimum absolute atomic E-state index is 0.331. The molecule has 0 spiro atoms. The van der Waals surface area contributed by atoms with Gasteiger partial charge in [0.25, 0.3) is 0 Å². The fourth-order valence-corrected chi connectivity index (χ4v) is 0.258. The Bertz CT molecular complexity index is 50.5. The summed E-state index contributed by atoms with van der Waals surface area (Å²) in [5.74, 6) is 0.648. The Morgan fingerprint density at radius 2 is 1.50 bits per heavy atom. The second kappa shape index (κ2) is 9.60. The van der Waals surface area contributed by atoms with E-state index in [1.54, 1.807) is 0 Å². The van der Waals surface area contributed by atoms with Gasteiger partial charge in [0.2, 0.25) is 0 Å². The molecule has 62 valence electrons. The van der Waals surface area contributed by atoms with E-state index in [9.17, 15) is 0 Å². The first-order valence-corrected chi connectivity index (χ1v) is 11.4. The second-order valence-corrected chi connectivity index (χ2v) is 10.9. The van der Waals surface area contributed by atoms with E-state index in [-0.39, 0.29) is 0 Å². The third-order valence-corrected chi connectivity index (χ3v) is 0.706. The third kappa shape index (κ3) is 38.4. The molecule has 0 rings (SSSR count). The molecule has 10 heavy (non-hydrogen) atoms. The monoisotopic (exact) mass is 202 g/mol. The van der Waals surface area contributed by atoms with Crippen LogP contribution in [0.3, 0.4) is 0 Å². The van der Waals surface area contributed by atoms with Crippen LogP contribution in [0, 0.1) is 5.92 Å². The normalized spacial score (nSPS) is 8.70. The summed E-state index contributed by atoms with van der Waals surface area (Å²) < 4.78 is 0. The number of hydrogen-bond acceptors (Lipinski definition) is 1. The maximum absolute atomic E-state index is 8.24. The Hall–Kier alpha value is 0.596. The van der Waals surface area contributed by atoms with Gasteiger partial charge in [-0.3, -0.25) is 0 Å². The summed E-state index contributed by atoms with van der Waals surface area (Å²) in [7, 11) is 0. The zero-order chi connectivity index (χ0) is 8.57. The van der Waals surface area contributed by atoms with Crippen LogP contribution in [0.2, 0.25) is 16.4 Å². The van der Waals surface area contributed by atoms with Crippen molar-refractivity contribution < 1.29 is 5.11 Å². The molecule has 0 aliphatic heterocycles. The van der Waals surface area contributed by atoms with Gasteiger partial charge >= 0.3 is 32.7 Å². The van der Waals surface area contributed by atoms with E-state index in [0.29, 0.717) is 12.5 Å². The third-order valence-electron chi connectivity index (χ3n) is 0.706. The summed E-state index contributed by atoms with van der Waals surface area (Å²) >= 11 is -0.479. The van der Waals surface area contributed by atoms with Gasteiger partial charge in [0.05, 0.1) is 0 Å². The SMILES string of the molecule is CC(C)CCO.[CH3][Ga]([CH3])[CH3]. The average molecular weight is 203 g/mol. The molecule has 0 aliphatic carbocycles. The van der Waals surface area contributed by atoms with Gasteiger partial charge in [-0.25, -0.2) is 0 Å². The van der Waals surface area contributed by atoms with Crippen molar-refractivity contribution in [3.8, 4) is 0 Å². The standard InChI is InChI=1S/C5H12O.3CH3.Ga/c1-5(2)3-4-6;;;;/h5-6H,3-4H2,1-2H3;3*1H3;. The molecule has 0 bridgehead atoms. The predicted octanol–water partition coefficient (Wildman–Crippen LogP) is 2.40. The van der Waals surface area contributed by atoms with Crippen LogP contribution >= 0.6 is 0 Å². The summed E-state index contributed by atoms with van der Waals surface area (Å²) in [5, 5.41) is 8.24. The molecule has 0 fully saturated rings. The Balaban J connectivity index is 0. The van der Waals surface area contributed by atoms with E-state index in [2.05, 4.69) is 30.3 Å². The quantitative estimate of drug-likeness (QED) is 0.683. The molecular formula is C8H21GaO. The Morgan fingerprint density at radius 1 is 1.20 bits per heavy atom. The summed E-state index contributed by atoms with van der Waals surface area (Å²) in [6.07, 6.45) is 0.931. The van der Waals surface area contributed by atoms with Crippen molar-refractivity contribution >= 4 is 16.2 Å². The first kappa shape index (κ1) is 13.2. The van der Waals surface area contributed by atoms with Crippen LogP contribution in [0.15, 0.2) is 0 Å². The molecule has 0 heterocycles. The molecule has 0 saturated carbocycles. The molecule has 2 heteroatoms. The summed E-state index contributed by atoms with van der Waals surface area (Å²) in [4.78, 5) is 0. The summed E-state index contributed by atoms with van der Waals surface area (Å²) in [6, 6.07) is 0. The van der Waals surface area contributed by atoms with Crippen molar-refractivity contribution in [2.75, 3.05) is 6.61 Å². The van der Waals surface area contributed by atoms with Crippen LogP contribution in [-0.2, 0) is 0 Å². The van der Waals surface area contributed by atoms with E-state index in [4.69, 9.17) is 5.11 Å². The van der Waals surface area contributed by atoms with E-state index in [1.165, 1.54) is 0 Å². The van der Waals surface area contributed by atoms with Gasteiger partial charge in [-0.05, 0) is 12.3 Å². The van der Waals surface area contributed by atoms with Crippen LogP contribution in [0.1, 0.15) is 20.3 Å². The van der Waals surface area contributed by atoms with Crippen LogP contribution in [0.4, 0.5) is 0 Å². The Labute approximate surface area is 70.9 Å². The molecule has 0 aliphatic rings. The van der Waals surface area contributed by atoms with Gasteiger partial charge in [0.1, 0.15) is 0 Å². The Kier molecular flexibility index (Phi) is 12.7. The summed E-state index contributed by atoms with van der Waals surface area (Å²) in [5.41, 5.74) is 7.06. The molecule has 0 saturated heterocycles. The fourth-order valence-electron chi connectivity index (χ4n) is 0.258. The molecule has 0 radical (unpaired) electrons. The molecule has 0 aromatic heterocycles. The van der Waals surface area contributed by atoms with Crippen molar-refractivity contribution in [2.45, 2.75) is 36.7 Å². The van der Waals surface area contributed by atoms with Gasteiger partial charge in [0.15, 0.2) is 0 Å². The molecule has 0 aromatic rings. The van der Waals surface area contributed by atoms with Crippen LogP contribution in [-0.4, -0.2) is 27.9 Å². The molecule has 0 unspecified atom stereocenters. The van der Waals surface area contributed by atoms with E-state index in [0.717, 1.165) is 6.42 Å². The maximum atomic E-state index is 8.24. The molecule has 0 aromatic carbocycles. The molecule has 1 nitrogen and oxygen atoms in total. The number of aliphatic hydroxyl groups excluding tert-OH is 1. The zero-order valence-electron chi connectivity index (χ0n) is 8.02. The van der Waals surface area contributed by atoms with Gasteiger partial charge in [-0.15, -0.1) is 0 Å². The second-order valence-electron chi connectivity index (χ2n) is 3.64. The molecule has 1 N–H and O–H groups in total. The summed E-state index contributed by atoms with van der Waals surface area (Å²) in [6.45, 7) is 4.52. The van der Waals surface area contributed by atoms with Crippen molar-refractivity contribution in [3.05, 3.63) is 0 Å². The van der Waals surface area contributed by atoms with Crippen LogP contribution in [0.25, 0.3) is 0 Å². The first-order valence-electron chi connectivity index (χ1n) is 4.11. The zero-order valence-corrected chi connectivity index (χ0v) is 10.4. The van der Waals surface area contributed by atoms with E-state index >= 15 is 0 Å². The Morgan fingerprint density at radius 3 is 1.50 bits per heavy atom. The molecule has 0 amide bonds. The predicted molar refractivity (Wildman–Crippen MR) is 49.9 cm³/mol. The van der Waals surface area contributed by atoms with E-state index < -0.39 is 16.2 Å². The molecular weight excluding hydrogens is 182 g/mol. The van der Waals surface area contributed by atoms with Gasteiger partial charge in [-0.1, -0.05) is 13.8 Å². The molecule has 0 atom stereocenters. The van der Waals surface area contributed by atoms with Crippen molar-refractivity contribution in [2.24, 2.45) is 5.92 Å². The average Bonchev–Trinajstić information content (AvgIpc) is 1.62. The van der Waals surface area contributed by atoms with Gasteiger partial charge in [0, 0.05) is 6.61 Å². The number of rotatable bonds is 2. The van der Waals surface area contributed by atoms with Crippen molar-refractivity contribution in [3.63, 3.8) is 0 Å². The van der Waals surface area contributed by atoms with Gasteiger partial charge in [-0.2, -0.15) is 0 Å². The number of hydrogen-bond donors (Lipinski definition) is 1. The van der Waals surface area contributed by atoms with Crippen molar-refractivity contribution in [1.82, 2.24) is 0 Å². The van der Waals surface area contributed by atoms with Crippen molar-refractivity contribution in [1.29, 1.82) is 0 Å². The topological polar surface area (TPSA) is 20.2 Å². The first-order chi connectivity index (χ1) is 4.50. The van der Waals surface area contributed by atoms with Crippen LogP contribution < -0.4 is 0 Å². The van der Waals surface area contributed by atoms with Gasteiger partial charge < -0.3 is 5.11 Å². The van der Waals surface area contributed by atoms with Crippen LogP contribution in [0.5, 0.6) is 0 Å². The number of aliphatic hydroxyl groups is 1. The minimum atomic E-state index is -0.479.